The summed E-state index contributed by atoms with van der Waals surface area (Å²) >= 11 is 0. The fraction of sp³-hybridized carbons (Fsp3) is 0.140. The zero-order valence-electron chi connectivity index (χ0n) is 27.3. The van der Waals surface area contributed by atoms with E-state index in [0.717, 1.165) is 61.1 Å². The number of para-hydroxylation sites is 6. The average Bonchev–Trinajstić information content (AvgIpc) is 3.78. The number of benzene rings is 6. The number of hydrogen-bond donors (Lipinski definition) is 0. The van der Waals surface area contributed by atoms with Gasteiger partial charge in [0.15, 0.2) is 0 Å². The number of aromatic nitrogens is 3. The van der Waals surface area contributed by atoms with E-state index in [-0.39, 0.29) is 20.1 Å². The van der Waals surface area contributed by atoms with Crippen LogP contribution >= 0.6 is 0 Å². The number of fused-ring (bicyclic) bond motifs is 7. The van der Waals surface area contributed by atoms with Crippen LogP contribution in [-0.2, 0) is 20.1 Å². The maximum absolute atomic E-state index is 6.83. The number of hydrogen-bond acceptors (Lipinski definition) is 2. The number of rotatable bonds is 5. The van der Waals surface area contributed by atoms with Crippen LogP contribution < -0.4 is 0 Å². The summed E-state index contributed by atoms with van der Waals surface area (Å²) in [5, 5.41) is 4.50. The number of imidazole rings is 1. The summed E-state index contributed by atoms with van der Waals surface area (Å²) in [6.07, 6.45) is 0. The first-order chi connectivity index (χ1) is 23.0. The Labute approximate surface area is 293 Å². The molecule has 237 valence electrons. The van der Waals surface area contributed by atoms with Crippen LogP contribution in [0.1, 0.15) is 50.7 Å². The predicted molar refractivity (Wildman–Crippen MR) is 195 cm³/mol. The number of nitrogens with zero attached hydrogens (tertiary/aromatic N) is 3. The van der Waals surface area contributed by atoms with Crippen molar-refractivity contribution in [1.29, 1.82) is 0 Å². The van der Waals surface area contributed by atoms with Gasteiger partial charge in [-0.15, -0.1) is 12.1 Å². The van der Waals surface area contributed by atoms with Gasteiger partial charge in [0.25, 0.3) is 0 Å². The molecule has 0 unspecified atom stereocenters. The van der Waals surface area contributed by atoms with E-state index >= 15 is 0 Å². The van der Waals surface area contributed by atoms with E-state index in [2.05, 4.69) is 158 Å². The van der Waals surface area contributed by atoms with Crippen LogP contribution in [0.25, 0.3) is 77.5 Å². The molecule has 0 amide bonds. The summed E-state index contributed by atoms with van der Waals surface area (Å²) in [5.41, 5.74) is 11.7. The summed E-state index contributed by atoms with van der Waals surface area (Å²) in [4.78, 5) is 5.37. The van der Waals surface area contributed by atoms with E-state index in [9.17, 15) is 0 Å². The van der Waals surface area contributed by atoms with E-state index in [0.29, 0.717) is 11.8 Å². The van der Waals surface area contributed by atoms with Crippen LogP contribution in [0, 0.1) is 6.07 Å². The maximum atomic E-state index is 6.83. The molecule has 6 aromatic carbocycles. The van der Waals surface area contributed by atoms with Gasteiger partial charge in [0.2, 0.25) is 0 Å². The summed E-state index contributed by atoms with van der Waals surface area (Å²) in [6.45, 7) is 9.10. The standard InChI is InChI=1S/C43H34N3O.Ir/c1-26(2)28-17-13-18-29(27(3)4)41(28)46-37-22-11-8-19-34(37)44-43(46)33-24-25-38(42-40(33)32-16-7-12-23-39(32)47-42)45-35-20-9-5-14-30(35)31-15-6-10-21-36(31)45;/h5-23,25-27H,1-4H3;/q-1;. The number of furan rings is 1. The third kappa shape index (κ3) is 4.42. The van der Waals surface area contributed by atoms with Gasteiger partial charge >= 0.3 is 0 Å². The van der Waals surface area contributed by atoms with Crippen molar-refractivity contribution in [3.8, 4) is 22.8 Å². The van der Waals surface area contributed by atoms with Crippen LogP contribution in [0.3, 0.4) is 0 Å². The van der Waals surface area contributed by atoms with E-state index < -0.39 is 0 Å². The van der Waals surface area contributed by atoms with E-state index in [1.165, 1.54) is 27.6 Å². The second-order valence-corrected chi connectivity index (χ2v) is 13.1. The SMILES string of the molecule is CC(C)c1cccc(C(C)C)c1-n1c(-c2[c-]cc(-n3c4ccccc4c4ccccc43)c3oc4ccccc4c23)nc2ccccc21.[Ir]. The molecule has 3 heterocycles. The van der Waals surface area contributed by atoms with Crippen LogP contribution in [-0.4, -0.2) is 14.1 Å². The van der Waals surface area contributed by atoms with E-state index in [1.807, 2.05) is 6.07 Å². The molecule has 0 atom stereocenters. The first-order valence-electron chi connectivity index (χ1n) is 16.5. The molecule has 9 rings (SSSR count). The van der Waals surface area contributed by atoms with Crippen molar-refractivity contribution in [2.45, 2.75) is 39.5 Å². The van der Waals surface area contributed by atoms with Crippen molar-refractivity contribution in [1.82, 2.24) is 14.1 Å². The minimum absolute atomic E-state index is 0. The van der Waals surface area contributed by atoms with Crippen LogP contribution in [0.5, 0.6) is 0 Å². The van der Waals surface area contributed by atoms with Crippen molar-refractivity contribution >= 4 is 54.8 Å². The molecule has 0 fully saturated rings. The van der Waals surface area contributed by atoms with E-state index in [1.54, 1.807) is 0 Å². The summed E-state index contributed by atoms with van der Waals surface area (Å²) in [6, 6.07) is 46.6. The largest absolute Gasteiger partial charge is 0.474 e. The zero-order valence-corrected chi connectivity index (χ0v) is 29.7. The van der Waals surface area contributed by atoms with E-state index in [4.69, 9.17) is 9.40 Å². The average molecular weight is 801 g/mol. The Morgan fingerprint density at radius 2 is 1.17 bits per heavy atom. The van der Waals surface area contributed by atoms with Crippen molar-refractivity contribution in [2.75, 3.05) is 0 Å². The Bertz CT molecular complexity index is 2570. The third-order valence-electron chi connectivity index (χ3n) is 9.60. The van der Waals surface area contributed by atoms with Crippen LogP contribution in [0.2, 0.25) is 0 Å². The van der Waals surface area contributed by atoms with Gasteiger partial charge in [-0.05, 0) is 58.7 Å². The monoisotopic (exact) mass is 801 g/mol. The Morgan fingerprint density at radius 1 is 0.604 bits per heavy atom. The Kier molecular flexibility index (Phi) is 7.36. The van der Waals surface area contributed by atoms with Crippen LogP contribution in [0.4, 0.5) is 0 Å². The Balaban J connectivity index is 0.00000336. The zero-order chi connectivity index (χ0) is 31.8. The second kappa shape index (κ2) is 11.6. The van der Waals surface area contributed by atoms with Gasteiger partial charge in [0.05, 0.1) is 22.4 Å². The topological polar surface area (TPSA) is 35.9 Å². The minimum atomic E-state index is 0. The molecule has 0 bridgehead atoms. The smallest absolute Gasteiger partial charge is 0.123 e. The molecular formula is C43H34IrN3O-. The molecule has 0 aliphatic heterocycles. The molecule has 0 aliphatic carbocycles. The van der Waals surface area contributed by atoms with Crippen molar-refractivity contribution < 1.29 is 24.5 Å². The fourth-order valence-electron chi connectivity index (χ4n) is 7.47. The fourth-order valence-corrected chi connectivity index (χ4v) is 7.47. The van der Waals surface area contributed by atoms with Crippen LogP contribution in [0.15, 0.2) is 126 Å². The summed E-state index contributed by atoms with van der Waals surface area (Å²) in [5.74, 6) is 1.52. The maximum Gasteiger partial charge on any atom is 0.123 e. The van der Waals surface area contributed by atoms with Gasteiger partial charge in [-0.25, -0.2) is 0 Å². The summed E-state index contributed by atoms with van der Waals surface area (Å²) < 4.78 is 11.5. The molecule has 1 radical (unpaired) electrons. The second-order valence-electron chi connectivity index (χ2n) is 13.1. The first-order valence-corrected chi connectivity index (χ1v) is 16.5. The predicted octanol–water partition coefficient (Wildman–Crippen LogP) is 11.7. The molecule has 3 aromatic heterocycles. The van der Waals surface area contributed by atoms with Crippen molar-refractivity contribution in [3.05, 3.63) is 139 Å². The molecule has 4 nitrogen and oxygen atoms in total. The molecule has 0 spiro atoms. The van der Waals surface area contributed by atoms with Gasteiger partial charge in [-0.1, -0.05) is 124 Å². The Morgan fingerprint density at radius 3 is 1.81 bits per heavy atom. The van der Waals surface area contributed by atoms with Gasteiger partial charge in [-0.3, -0.25) is 4.98 Å². The normalized spacial score (nSPS) is 12.0. The molecule has 5 heteroatoms. The van der Waals surface area contributed by atoms with Gasteiger partial charge in [-0.2, -0.15) is 0 Å². The molecule has 0 aliphatic rings. The van der Waals surface area contributed by atoms with Gasteiger partial charge in [0, 0.05) is 53.3 Å². The Hall–Kier alpha value is -4.96. The molecule has 0 saturated heterocycles. The minimum Gasteiger partial charge on any atom is -0.474 e. The first kappa shape index (κ1) is 30.4. The molecular weight excluding hydrogens is 767 g/mol. The van der Waals surface area contributed by atoms with Crippen molar-refractivity contribution in [3.63, 3.8) is 0 Å². The molecule has 9 aromatic rings. The molecule has 48 heavy (non-hydrogen) atoms. The van der Waals surface area contributed by atoms with Gasteiger partial charge < -0.3 is 13.6 Å². The third-order valence-corrected chi connectivity index (χ3v) is 9.60. The molecule has 0 saturated carbocycles. The molecule has 0 N–H and O–H groups in total. The van der Waals surface area contributed by atoms with Crippen molar-refractivity contribution in [2.24, 2.45) is 0 Å². The quantitative estimate of drug-likeness (QED) is 0.163. The summed E-state index contributed by atoms with van der Waals surface area (Å²) in [7, 11) is 0. The van der Waals surface area contributed by atoms with Gasteiger partial charge in [0.1, 0.15) is 5.58 Å².